The van der Waals surface area contributed by atoms with Crippen LogP contribution in [0.25, 0.3) is 0 Å². The van der Waals surface area contributed by atoms with Gasteiger partial charge in [-0.2, -0.15) is 0 Å². The van der Waals surface area contributed by atoms with Crippen LogP contribution in [0.2, 0.25) is 0 Å². The summed E-state index contributed by atoms with van der Waals surface area (Å²) in [4.78, 5) is 0. The van der Waals surface area contributed by atoms with Crippen LogP contribution in [0.5, 0.6) is 0 Å². The summed E-state index contributed by atoms with van der Waals surface area (Å²) in [5, 5.41) is 30.3. The summed E-state index contributed by atoms with van der Waals surface area (Å²) in [6, 6.07) is 16.2. The highest BCUT2D eigenvalue weighted by Gasteiger charge is 2.44. The Balaban J connectivity index is 1.79. The molecule has 0 spiro atoms. The highest BCUT2D eigenvalue weighted by atomic mass is 16.7. The molecular weight excluding hydrogens is 332 g/mol. The molecule has 3 rings (SSSR count). The van der Waals surface area contributed by atoms with Crippen LogP contribution in [-0.4, -0.2) is 47.0 Å². The Kier molecular flexibility index (Phi) is 6.06. The van der Waals surface area contributed by atoms with Crippen LogP contribution in [0.15, 0.2) is 48.5 Å². The van der Waals surface area contributed by atoms with Crippen LogP contribution in [-0.2, 0) is 22.3 Å². The van der Waals surface area contributed by atoms with Crippen LogP contribution >= 0.6 is 0 Å². The van der Waals surface area contributed by atoms with Crippen LogP contribution in [0.3, 0.4) is 0 Å². The van der Waals surface area contributed by atoms with E-state index < -0.39 is 30.7 Å². The Hall–Kier alpha value is -1.76. The van der Waals surface area contributed by atoms with E-state index in [1.807, 2.05) is 24.3 Å². The third-order valence-corrected chi connectivity index (χ3v) is 4.92. The van der Waals surface area contributed by atoms with Crippen molar-refractivity contribution in [1.82, 2.24) is 0 Å². The van der Waals surface area contributed by atoms with Gasteiger partial charge in [-0.15, -0.1) is 0 Å². The molecule has 26 heavy (non-hydrogen) atoms. The predicted molar refractivity (Wildman–Crippen MR) is 97.7 cm³/mol. The maximum absolute atomic E-state index is 10.3. The zero-order chi connectivity index (χ0) is 18.7. The number of aliphatic hydroxyl groups excluding tert-OH is 3. The van der Waals surface area contributed by atoms with E-state index in [4.69, 9.17) is 9.47 Å². The average molecular weight is 358 g/mol. The molecule has 5 atom stereocenters. The first-order valence-corrected chi connectivity index (χ1v) is 8.92. The van der Waals surface area contributed by atoms with Gasteiger partial charge in [0.1, 0.15) is 24.4 Å². The van der Waals surface area contributed by atoms with Crippen molar-refractivity contribution in [3.63, 3.8) is 0 Å². The topological polar surface area (TPSA) is 79.2 Å². The maximum atomic E-state index is 10.3. The number of benzene rings is 2. The van der Waals surface area contributed by atoms with Crippen LogP contribution in [0.4, 0.5) is 0 Å². The van der Waals surface area contributed by atoms with E-state index in [1.54, 1.807) is 0 Å². The van der Waals surface area contributed by atoms with Gasteiger partial charge in [0.05, 0.1) is 0 Å². The van der Waals surface area contributed by atoms with Gasteiger partial charge in [-0.1, -0.05) is 55.5 Å². The van der Waals surface area contributed by atoms with Gasteiger partial charge >= 0.3 is 0 Å². The summed E-state index contributed by atoms with van der Waals surface area (Å²) in [5.41, 5.74) is 4.33. The monoisotopic (exact) mass is 358 g/mol. The molecule has 5 heteroatoms. The molecule has 0 saturated carbocycles. The molecule has 0 bridgehead atoms. The quantitative estimate of drug-likeness (QED) is 0.762. The molecule has 0 aliphatic carbocycles. The van der Waals surface area contributed by atoms with Crippen molar-refractivity contribution in [1.29, 1.82) is 0 Å². The number of hydrogen-bond acceptors (Lipinski definition) is 5. The summed E-state index contributed by atoms with van der Waals surface area (Å²) in [6.07, 6.45) is -3.81. The third kappa shape index (κ3) is 3.98. The number of ether oxygens (including phenoxy) is 2. The van der Waals surface area contributed by atoms with Gasteiger partial charge in [0.15, 0.2) is 6.29 Å². The molecule has 1 saturated heterocycles. The summed E-state index contributed by atoms with van der Waals surface area (Å²) in [7, 11) is 1.39. The highest BCUT2D eigenvalue weighted by molar-refractivity contribution is 5.32. The maximum Gasteiger partial charge on any atom is 0.186 e. The van der Waals surface area contributed by atoms with Gasteiger partial charge in [0, 0.05) is 7.11 Å². The second kappa shape index (κ2) is 8.29. The first-order chi connectivity index (χ1) is 12.5. The standard InChI is InChI=1S/C21H26O5/c1-3-13-7-9-14(10-8-13)11-15-5-4-6-16(12-15)20-18(23)17(22)19(24)21(25-2)26-20/h4-10,12,17-24H,3,11H2,1-2H3/t17-,18-,19+,20+,21+/m1/s1. The van der Waals surface area contributed by atoms with Crippen molar-refractivity contribution in [2.45, 2.75) is 50.5 Å². The lowest BCUT2D eigenvalue weighted by Crippen LogP contribution is -2.54. The van der Waals surface area contributed by atoms with Crippen LogP contribution in [0, 0.1) is 0 Å². The van der Waals surface area contributed by atoms with E-state index in [0.717, 1.165) is 24.0 Å². The Labute approximate surface area is 153 Å². The van der Waals surface area contributed by atoms with Gasteiger partial charge in [-0.3, -0.25) is 0 Å². The van der Waals surface area contributed by atoms with E-state index >= 15 is 0 Å². The molecule has 5 nitrogen and oxygen atoms in total. The minimum absolute atomic E-state index is 0.744. The number of aliphatic hydroxyl groups is 3. The number of aryl methyl sites for hydroxylation is 1. The van der Waals surface area contributed by atoms with Crippen molar-refractivity contribution < 1.29 is 24.8 Å². The molecule has 0 radical (unpaired) electrons. The Morgan fingerprint density at radius 3 is 2.23 bits per heavy atom. The molecule has 0 aromatic heterocycles. The van der Waals surface area contributed by atoms with Crippen molar-refractivity contribution in [3.8, 4) is 0 Å². The lowest BCUT2D eigenvalue weighted by molar-refractivity contribution is -0.292. The Morgan fingerprint density at radius 2 is 1.58 bits per heavy atom. The molecule has 1 aliphatic heterocycles. The Morgan fingerprint density at radius 1 is 0.885 bits per heavy atom. The van der Waals surface area contributed by atoms with E-state index in [-0.39, 0.29) is 0 Å². The number of methoxy groups -OCH3 is 1. The molecule has 1 aliphatic rings. The van der Waals surface area contributed by atoms with Crippen molar-refractivity contribution in [2.24, 2.45) is 0 Å². The molecule has 140 valence electrons. The molecule has 3 N–H and O–H groups in total. The molecule has 1 fully saturated rings. The van der Waals surface area contributed by atoms with E-state index in [2.05, 4.69) is 31.2 Å². The van der Waals surface area contributed by atoms with E-state index in [0.29, 0.717) is 0 Å². The number of rotatable bonds is 5. The largest absolute Gasteiger partial charge is 0.387 e. The zero-order valence-corrected chi connectivity index (χ0v) is 15.1. The summed E-state index contributed by atoms with van der Waals surface area (Å²) < 4.78 is 10.7. The van der Waals surface area contributed by atoms with Gasteiger partial charge in [-0.05, 0) is 35.1 Å². The lowest BCUT2D eigenvalue weighted by Gasteiger charge is -2.40. The zero-order valence-electron chi connectivity index (χ0n) is 15.1. The predicted octanol–water partition coefficient (Wildman–Crippen LogP) is 1.97. The van der Waals surface area contributed by atoms with Crippen LogP contribution < -0.4 is 0 Å². The van der Waals surface area contributed by atoms with E-state index in [9.17, 15) is 15.3 Å². The minimum Gasteiger partial charge on any atom is -0.387 e. The average Bonchev–Trinajstić information content (AvgIpc) is 2.67. The van der Waals surface area contributed by atoms with Crippen molar-refractivity contribution in [2.75, 3.05) is 7.11 Å². The van der Waals surface area contributed by atoms with Crippen molar-refractivity contribution >= 4 is 0 Å². The molecular formula is C21H26O5. The fourth-order valence-electron chi connectivity index (χ4n) is 3.33. The van der Waals surface area contributed by atoms with E-state index in [1.165, 1.54) is 18.2 Å². The fourth-order valence-corrected chi connectivity index (χ4v) is 3.33. The number of hydrogen-bond donors (Lipinski definition) is 3. The molecule has 1 heterocycles. The van der Waals surface area contributed by atoms with Crippen LogP contribution in [0.1, 0.15) is 35.3 Å². The normalized spacial score (nSPS) is 28.9. The smallest absolute Gasteiger partial charge is 0.186 e. The van der Waals surface area contributed by atoms with Crippen molar-refractivity contribution in [3.05, 3.63) is 70.8 Å². The molecule has 2 aromatic rings. The van der Waals surface area contributed by atoms with Gasteiger partial charge in [0.2, 0.25) is 0 Å². The van der Waals surface area contributed by atoms with Gasteiger partial charge in [0.25, 0.3) is 0 Å². The minimum atomic E-state index is -1.33. The van der Waals surface area contributed by atoms with Gasteiger partial charge < -0.3 is 24.8 Å². The first-order valence-electron chi connectivity index (χ1n) is 8.92. The SMILES string of the molecule is CCc1ccc(Cc2cccc([C@@H]3O[C@H](OC)[C@@H](O)[C@H](O)[C@H]3O)c2)cc1. The fraction of sp³-hybridized carbons (Fsp3) is 0.429. The second-order valence-electron chi connectivity index (χ2n) is 6.72. The molecule has 0 unspecified atom stereocenters. The first kappa shape index (κ1) is 19.0. The summed E-state index contributed by atoms with van der Waals surface area (Å²) in [6.45, 7) is 2.13. The van der Waals surface area contributed by atoms with Gasteiger partial charge in [-0.25, -0.2) is 0 Å². The Bertz CT molecular complexity index is 713. The highest BCUT2D eigenvalue weighted by Crippen LogP contribution is 2.33. The summed E-state index contributed by atoms with van der Waals surface area (Å²) in [5.74, 6) is 0. The second-order valence-corrected chi connectivity index (χ2v) is 6.72. The lowest BCUT2D eigenvalue weighted by atomic mass is 9.92. The third-order valence-electron chi connectivity index (χ3n) is 4.92. The summed E-state index contributed by atoms with van der Waals surface area (Å²) >= 11 is 0. The molecule has 2 aromatic carbocycles. The molecule has 0 amide bonds.